The van der Waals surface area contributed by atoms with Gasteiger partial charge in [-0.1, -0.05) is 6.07 Å². The molecule has 0 amide bonds. The normalized spacial score (nSPS) is 9.68. The molecule has 0 spiro atoms. The molecule has 4 nitrogen and oxygen atoms in total. The van der Waals surface area contributed by atoms with E-state index in [2.05, 4.69) is 0 Å². The molecule has 0 radical (unpaired) electrons. The Kier molecular flexibility index (Phi) is 4.16. The first-order valence-electron chi connectivity index (χ1n) is 5.51. The van der Waals surface area contributed by atoms with Crippen LogP contribution in [-0.4, -0.2) is 19.5 Å². The third-order valence-electron chi connectivity index (χ3n) is 2.41. The fourth-order valence-corrected chi connectivity index (χ4v) is 2.15. The van der Waals surface area contributed by atoms with E-state index in [1.165, 1.54) is 18.4 Å². The minimum absolute atomic E-state index is 0.0570. The van der Waals surface area contributed by atoms with E-state index in [-0.39, 0.29) is 12.4 Å². The van der Waals surface area contributed by atoms with Crippen molar-refractivity contribution in [1.82, 2.24) is 0 Å². The van der Waals surface area contributed by atoms with Crippen LogP contribution in [0.3, 0.4) is 0 Å². The summed E-state index contributed by atoms with van der Waals surface area (Å²) < 4.78 is 10.5. The van der Waals surface area contributed by atoms with Crippen LogP contribution in [0.25, 0.3) is 0 Å². The number of carbonyl (C=O) groups excluding carboxylic acids is 1. The van der Waals surface area contributed by atoms with Gasteiger partial charge in [0.05, 0.1) is 23.6 Å². The fraction of sp³-hybridized carbons (Fsp3) is 0.143. The third-order valence-corrected chi connectivity index (χ3v) is 3.32. The number of carbonyl (C=O) groups is 1. The van der Waals surface area contributed by atoms with Crippen molar-refractivity contribution in [3.8, 4) is 17.6 Å². The lowest BCUT2D eigenvalue weighted by atomic mass is 10.2. The number of nitriles is 1. The zero-order valence-electron chi connectivity index (χ0n) is 10.3. The smallest absolute Gasteiger partial charge is 0.210 e. The van der Waals surface area contributed by atoms with Crippen molar-refractivity contribution in [1.29, 1.82) is 5.26 Å². The summed E-state index contributed by atoms with van der Waals surface area (Å²) in [4.78, 5) is 12.4. The van der Waals surface area contributed by atoms with Crippen molar-refractivity contribution in [3.05, 3.63) is 46.2 Å². The summed E-state index contributed by atoms with van der Waals surface area (Å²) in [5.74, 6) is 0.884. The highest BCUT2D eigenvalue weighted by molar-refractivity contribution is 7.12. The average molecular weight is 273 g/mol. The predicted molar refractivity (Wildman–Crippen MR) is 71.9 cm³/mol. The van der Waals surface area contributed by atoms with Gasteiger partial charge in [-0.3, -0.25) is 4.79 Å². The van der Waals surface area contributed by atoms with Gasteiger partial charge in [-0.15, -0.1) is 11.3 Å². The number of thiophene rings is 1. The Labute approximate surface area is 114 Å². The van der Waals surface area contributed by atoms with E-state index in [0.29, 0.717) is 21.9 Å². The summed E-state index contributed by atoms with van der Waals surface area (Å²) in [7, 11) is 1.51. The number of benzene rings is 1. The molecule has 0 saturated heterocycles. The topological polar surface area (TPSA) is 59.3 Å². The zero-order chi connectivity index (χ0) is 13.7. The van der Waals surface area contributed by atoms with Crippen LogP contribution in [-0.2, 0) is 0 Å². The number of ether oxygens (including phenoxy) is 2. The maximum atomic E-state index is 11.8. The zero-order valence-corrected chi connectivity index (χ0v) is 11.1. The molecule has 96 valence electrons. The Morgan fingerprint density at radius 3 is 2.79 bits per heavy atom. The number of rotatable bonds is 5. The van der Waals surface area contributed by atoms with Crippen molar-refractivity contribution >= 4 is 17.1 Å². The second kappa shape index (κ2) is 6.03. The molecule has 0 bridgehead atoms. The van der Waals surface area contributed by atoms with Crippen molar-refractivity contribution in [3.63, 3.8) is 0 Å². The lowest BCUT2D eigenvalue weighted by Crippen LogP contribution is -2.10. The van der Waals surface area contributed by atoms with Crippen LogP contribution in [0.2, 0.25) is 0 Å². The molecule has 0 aliphatic rings. The number of methoxy groups -OCH3 is 1. The van der Waals surface area contributed by atoms with Gasteiger partial charge in [-0.2, -0.15) is 5.26 Å². The van der Waals surface area contributed by atoms with Crippen LogP contribution in [0.4, 0.5) is 0 Å². The monoisotopic (exact) mass is 273 g/mol. The molecule has 0 aliphatic heterocycles. The lowest BCUT2D eigenvalue weighted by molar-refractivity contribution is 0.0925. The van der Waals surface area contributed by atoms with Crippen LogP contribution in [0.5, 0.6) is 11.5 Å². The van der Waals surface area contributed by atoms with Gasteiger partial charge in [0.1, 0.15) is 11.5 Å². The van der Waals surface area contributed by atoms with Crippen LogP contribution in [0.15, 0.2) is 35.7 Å². The number of Topliss-reactive ketones (excluding diaryl/α,β-unsaturated/α-hetero) is 1. The van der Waals surface area contributed by atoms with Crippen molar-refractivity contribution in [2.75, 3.05) is 13.7 Å². The van der Waals surface area contributed by atoms with E-state index in [9.17, 15) is 4.79 Å². The molecule has 1 aromatic carbocycles. The molecule has 0 saturated carbocycles. The first-order chi connectivity index (χ1) is 9.22. The van der Waals surface area contributed by atoms with Gasteiger partial charge in [0.25, 0.3) is 0 Å². The summed E-state index contributed by atoms with van der Waals surface area (Å²) in [6, 6.07) is 10.4. The SMILES string of the molecule is COc1cc(C#N)cc(OCC(=O)c2cccs2)c1. The molecule has 1 heterocycles. The number of hydrogen-bond acceptors (Lipinski definition) is 5. The van der Waals surface area contributed by atoms with Crippen LogP contribution >= 0.6 is 11.3 Å². The molecule has 0 aliphatic carbocycles. The van der Waals surface area contributed by atoms with E-state index in [1.54, 1.807) is 24.3 Å². The van der Waals surface area contributed by atoms with Gasteiger partial charge < -0.3 is 9.47 Å². The Bertz CT molecular complexity index is 614. The highest BCUT2D eigenvalue weighted by Gasteiger charge is 2.09. The summed E-state index contributed by atoms with van der Waals surface area (Å²) >= 11 is 1.37. The van der Waals surface area contributed by atoms with Crippen LogP contribution in [0.1, 0.15) is 15.2 Å². The molecule has 0 N–H and O–H groups in total. The van der Waals surface area contributed by atoms with Gasteiger partial charge in [0, 0.05) is 6.07 Å². The Morgan fingerprint density at radius 2 is 2.16 bits per heavy atom. The van der Waals surface area contributed by atoms with Gasteiger partial charge in [0.15, 0.2) is 6.61 Å². The van der Waals surface area contributed by atoms with Gasteiger partial charge in [0.2, 0.25) is 5.78 Å². The fourth-order valence-electron chi connectivity index (χ4n) is 1.49. The molecular weight excluding hydrogens is 262 g/mol. The maximum absolute atomic E-state index is 11.8. The minimum Gasteiger partial charge on any atom is -0.497 e. The van der Waals surface area contributed by atoms with Crippen LogP contribution < -0.4 is 9.47 Å². The molecule has 1 aromatic heterocycles. The highest BCUT2D eigenvalue weighted by atomic mass is 32.1. The van der Waals surface area contributed by atoms with E-state index < -0.39 is 0 Å². The quantitative estimate of drug-likeness (QED) is 0.786. The Balaban J connectivity index is 2.07. The first-order valence-corrected chi connectivity index (χ1v) is 6.39. The molecular formula is C14H11NO3S. The van der Waals surface area contributed by atoms with E-state index in [4.69, 9.17) is 14.7 Å². The first kappa shape index (κ1) is 13.1. The molecule has 5 heteroatoms. The van der Waals surface area contributed by atoms with Gasteiger partial charge in [-0.05, 0) is 23.6 Å². The molecule has 19 heavy (non-hydrogen) atoms. The van der Waals surface area contributed by atoms with Crippen molar-refractivity contribution in [2.45, 2.75) is 0 Å². The number of ketones is 1. The number of nitrogens with zero attached hydrogens (tertiary/aromatic N) is 1. The highest BCUT2D eigenvalue weighted by Crippen LogP contribution is 2.22. The Hall–Kier alpha value is -2.32. The van der Waals surface area contributed by atoms with E-state index in [0.717, 1.165) is 0 Å². The third kappa shape index (κ3) is 3.33. The summed E-state index contributed by atoms with van der Waals surface area (Å²) in [5.41, 5.74) is 0.429. The number of hydrogen-bond donors (Lipinski definition) is 0. The molecule has 2 aromatic rings. The summed E-state index contributed by atoms with van der Waals surface area (Å²) in [6.45, 7) is -0.0570. The van der Waals surface area contributed by atoms with E-state index in [1.807, 2.05) is 17.5 Å². The molecule has 2 rings (SSSR count). The second-order valence-electron chi connectivity index (χ2n) is 3.70. The summed E-state index contributed by atoms with van der Waals surface area (Å²) in [5, 5.41) is 10.7. The maximum Gasteiger partial charge on any atom is 0.210 e. The van der Waals surface area contributed by atoms with Gasteiger partial charge in [-0.25, -0.2) is 0 Å². The average Bonchev–Trinajstić information content (AvgIpc) is 2.98. The largest absolute Gasteiger partial charge is 0.497 e. The van der Waals surface area contributed by atoms with Crippen molar-refractivity contribution < 1.29 is 14.3 Å². The predicted octanol–water partition coefficient (Wildman–Crippen LogP) is 2.89. The molecule has 0 fully saturated rings. The van der Waals surface area contributed by atoms with E-state index >= 15 is 0 Å². The lowest BCUT2D eigenvalue weighted by Gasteiger charge is -2.07. The minimum atomic E-state index is -0.0867. The van der Waals surface area contributed by atoms with Gasteiger partial charge >= 0.3 is 0 Å². The Morgan fingerprint density at radius 1 is 1.37 bits per heavy atom. The summed E-state index contributed by atoms with van der Waals surface area (Å²) in [6.07, 6.45) is 0. The standard InChI is InChI=1S/C14H11NO3S/c1-17-11-5-10(8-15)6-12(7-11)18-9-13(16)14-3-2-4-19-14/h2-7H,9H2,1H3. The van der Waals surface area contributed by atoms with Crippen molar-refractivity contribution in [2.24, 2.45) is 0 Å². The van der Waals surface area contributed by atoms with Crippen LogP contribution in [0, 0.1) is 11.3 Å². The molecule has 0 atom stereocenters. The second-order valence-corrected chi connectivity index (χ2v) is 4.65. The molecule has 0 unspecified atom stereocenters.